The van der Waals surface area contributed by atoms with Crippen molar-refractivity contribution in [3.05, 3.63) is 61.5 Å². The summed E-state index contributed by atoms with van der Waals surface area (Å²) < 4.78 is 6.03. The fraction of sp³-hybridized carbons (Fsp3) is 0.273. The predicted octanol–water partition coefficient (Wildman–Crippen LogP) is 4.05. The summed E-state index contributed by atoms with van der Waals surface area (Å²) in [6, 6.07) is 7.92. The lowest BCUT2D eigenvalue weighted by atomic mass is 10.1. The number of rotatable bonds is 6. The number of hydrogen-bond acceptors (Lipinski definition) is 5. The minimum absolute atomic E-state index is 0.0820. The lowest BCUT2D eigenvalue weighted by Gasteiger charge is -2.18. The molecule has 0 aliphatic carbocycles. The van der Waals surface area contributed by atoms with E-state index in [0.29, 0.717) is 10.7 Å². The Labute approximate surface area is 208 Å². The van der Waals surface area contributed by atoms with Gasteiger partial charge in [-0.2, -0.15) is 0 Å². The highest BCUT2D eigenvalue weighted by Crippen LogP contribution is 2.25. The van der Waals surface area contributed by atoms with Crippen LogP contribution in [-0.4, -0.2) is 41.9 Å². The number of benzene rings is 2. The fourth-order valence-electron chi connectivity index (χ4n) is 3.30. The van der Waals surface area contributed by atoms with Crippen LogP contribution in [0.4, 0.5) is 5.69 Å². The van der Waals surface area contributed by atoms with E-state index in [2.05, 4.69) is 26.7 Å². The monoisotopic (exact) mass is 555 g/mol. The molecule has 174 valence electrons. The minimum Gasteiger partial charge on any atom is -0.455 e. The second kappa shape index (κ2) is 10.5. The van der Waals surface area contributed by atoms with Crippen LogP contribution in [0.1, 0.15) is 27.9 Å². The number of carbonyl (C=O) groups is 4. The Bertz CT molecular complexity index is 1120. The van der Waals surface area contributed by atoms with Crippen molar-refractivity contribution in [2.24, 2.45) is 5.92 Å². The van der Waals surface area contributed by atoms with E-state index in [9.17, 15) is 19.2 Å². The molecule has 0 spiro atoms. The van der Waals surface area contributed by atoms with Gasteiger partial charge in [0, 0.05) is 21.6 Å². The lowest BCUT2D eigenvalue weighted by Crippen LogP contribution is -2.43. The predicted molar refractivity (Wildman–Crippen MR) is 127 cm³/mol. The van der Waals surface area contributed by atoms with Gasteiger partial charge in [-0.1, -0.05) is 39.1 Å². The standard InChI is InChI=1S/C22H20BrCl2N3O5/c1-11-5-15(6-12(2)20(11)23)26-18(29)10-33-22(32)13-7-19(30)28(9-13)27-21(31)16-4-3-14(24)8-17(16)25/h3-6,8,13H,7,9-10H2,1-2H3,(H,26,29)(H,27,31)/t13-/m0/s1. The molecule has 1 atom stereocenters. The normalized spacial score (nSPS) is 15.4. The molecule has 1 aliphatic rings. The van der Waals surface area contributed by atoms with Crippen molar-refractivity contribution in [3.8, 4) is 0 Å². The van der Waals surface area contributed by atoms with Gasteiger partial charge in [0.25, 0.3) is 11.8 Å². The number of anilines is 1. The van der Waals surface area contributed by atoms with E-state index in [1.165, 1.54) is 18.2 Å². The number of halogens is 3. The van der Waals surface area contributed by atoms with Crippen LogP contribution in [0.5, 0.6) is 0 Å². The molecule has 11 heteroatoms. The highest BCUT2D eigenvalue weighted by Gasteiger charge is 2.37. The molecule has 2 aromatic rings. The van der Waals surface area contributed by atoms with Crippen molar-refractivity contribution >= 4 is 68.5 Å². The summed E-state index contributed by atoms with van der Waals surface area (Å²) >= 11 is 15.3. The van der Waals surface area contributed by atoms with E-state index < -0.39 is 36.2 Å². The van der Waals surface area contributed by atoms with Crippen LogP contribution in [0.15, 0.2) is 34.8 Å². The molecule has 1 heterocycles. The third-order valence-corrected chi connectivity index (χ3v) is 6.73. The van der Waals surface area contributed by atoms with Gasteiger partial charge in [0.2, 0.25) is 5.91 Å². The lowest BCUT2D eigenvalue weighted by molar-refractivity contribution is -0.151. The second-order valence-corrected chi connectivity index (χ2v) is 9.19. The SMILES string of the molecule is Cc1cc(NC(=O)COC(=O)[C@H]2CC(=O)N(NC(=O)c3ccc(Cl)cc3Cl)C2)cc(C)c1Br. The van der Waals surface area contributed by atoms with Gasteiger partial charge < -0.3 is 10.1 Å². The maximum absolute atomic E-state index is 12.4. The van der Waals surface area contributed by atoms with Crippen LogP contribution in [0.25, 0.3) is 0 Å². The smallest absolute Gasteiger partial charge is 0.311 e. The number of ether oxygens (including phenoxy) is 1. The highest BCUT2D eigenvalue weighted by molar-refractivity contribution is 9.10. The molecule has 0 unspecified atom stereocenters. The van der Waals surface area contributed by atoms with E-state index in [1.54, 1.807) is 12.1 Å². The zero-order chi connectivity index (χ0) is 24.3. The molecule has 3 rings (SSSR count). The number of carbonyl (C=O) groups excluding carboxylic acids is 4. The Morgan fingerprint density at radius 2 is 1.82 bits per heavy atom. The summed E-state index contributed by atoms with van der Waals surface area (Å²) in [5, 5.41) is 4.21. The van der Waals surface area contributed by atoms with E-state index in [0.717, 1.165) is 20.6 Å². The van der Waals surface area contributed by atoms with Crippen LogP contribution in [0.3, 0.4) is 0 Å². The quantitative estimate of drug-likeness (QED) is 0.522. The average Bonchev–Trinajstić information content (AvgIpc) is 3.10. The number of amides is 3. The molecule has 0 bridgehead atoms. The largest absolute Gasteiger partial charge is 0.455 e. The van der Waals surface area contributed by atoms with Gasteiger partial charge in [-0.15, -0.1) is 0 Å². The molecule has 8 nitrogen and oxygen atoms in total. The molecule has 3 amide bonds. The first-order valence-electron chi connectivity index (χ1n) is 9.84. The van der Waals surface area contributed by atoms with Gasteiger partial charge in [0.15, 0.2) is 6.61 Å². The Morgan fingerprint density at radius 3 is 2.45 bits per heavy atom. The summed E-state index contributed by atoms with van der Waals surface area (Å²) in [6.07, 6.45) is -0.153. The third-order valence-electron chi connectivity index (χ3n) is 4.94. The molecule has 0 aromatic heterocycles. The Kier molecular flexibility index (Phi) is 7.99. The molecular formula is C22H20BrCl2N3O5. The summed E-state index contributed by atoms with van der Waals surface area (Å²) in [5.41, 5.74) is 5.05. The zero-order valence-electron chi connectivity index (χ0n) is 17.7. The van der Waals surface area contributed by atoms with Crippen molar-refractivity contribution in [2.75, 3.05) is 18.5 Å². The topological polar surface area (TPSA) is 105 Å². The summed E-state index contributed by atoms with van der Waals surface area (Å²) in [4.78, 5) is 49.2. The van der Waals surface area contributed by atoms with Crippen molar-refractivity contribution in [3.63, 3.8) is 0 Å². The Morgan fingerprint density at radius 1 is 1.15 bits per heavy atom. The fourth-order valence-corrected chi connectivity index (χ4v) is 4.02. The van der Waals surface area contributed by atoms with Gasteiger partial charge in [-0.25, -0.2) is 0 Å². The van der Waals surface area contributed by atoms with E-state index in [1.807, 2.05) is 13.8 Å². The van der Waals surface area contributed by atoms with Crippen LogP contribution >= 0.6 is 39.1 Å². The van der Waals surface area contributed by atoms with Gasteiger partial charge in [0.1, 0.15) is 0 Å². The van der Waals surface area contributed by atoms with E-state index in [-0.39, 0.29) is 23.6 Å². The molecular weight excluding hydrogens is 537 g/mol. The van der Waals surface area contributed by atoms with Crippen LogP contribution in [0, 0.1) is 19.8 Å². The summed E-state index contributed by atoms with van der Waals surface area (Å²) in [5.74, 6) is -3.10. The number of nitrogens with one attached hydrogen (secondary N) is 2. The number of nitrogens with zero attached hydrogens (tertiary/aromatic N) is 1. The minimum atomic E-state index is -0.816. The first-order chi connectivity index (χ1) is 15.5. The average molecular weight is 557 g/mol. The molecule has 0 radical (unpaired) electrons. The number of hydrazine groups is 1. The first-order valence-corrected chi connectivity index (χ1v) is 11.4. The number of esters is 1. The van der Waals surface area contributed by atoms with Crippen molar-refractivity contribution in [1.82, 2.24) is 10.4 Å². The molecule has 1 saturated heterocycles. The van der Waals surface area contributed by atoms with Gasteiger partial charge in [-0.3, -0.25) is 29.6 Å². The van der Waals surface area contributed by atoms with Crippen molar-refractivity contribution < 1.29 is 23.9 Å². The molecule has 0 saturated carbocycles. The van der Waals surface area contributed by atoms with Crippen molar-refractivity contribution in [1.29, 1.82) is 0 Å². The molecule has 2 aromatic carbocycles. The van der Waals surface area contributed by atoms with Crippen LogP contribution in [0.2, 0.25) is 10.0 Å². The third kappa shape index (κ3) is 6.25. The van der Waals surface area contributed by atoms with Crippen LogP contribution < -0.4 is 10.7 Å². The zero-order valence-corrected chi connectivity index (χ0v) is 20.8. The van der Waals surface area contributed by atoms with Gasteiger partial charge >= 0.3 is 5.97 Å². The summed E-state index contributed by atoms with van der Waals surface area (Å²) in [6.45, 7) is 3.22. The van der Waals surface area contributed by atoms with Crippen LogP contribution in [-0.2, 0) is 19.1 Å². The second-order valence-electron chi connectivity index (χ2n) is 7.55. The molecule has 1 fully saturated rings. The summed E-state index contributed by atoms with van der Waals surface area (Å²) in [7, 11) is 0. The van der Waals surface area contributed by atoms with Gasteiger partial charge in [-0.05, 0) is 55.3 Å². The maximum atomic E-state index is 12.4. The molecule has 33 heavy (non-hydrogen) atoms. The van der Waals surface area contributed by atoms with E-state index in [4.69, 9.17) is 27.9 Å². The first kappa shape index (κ1) is 25.0. The number of hydrogen-bond donors (Lipinski definition) is 2. The highest BCUT2D eigenvalue weighted by atomic mass is 79.9. The maximum Gasteiger partial charge on any atom is 0.311 e. The van der Waals surface area contributed by atoms with Gasteiger partial charge in [0.05, 0.1) is 23.0 Å². The number of aryl methyl sites for hydroxylation is 2. The van der Waals surface area contributed by atoms with Crippen molar-refractivity contribution in [2.45, 2.75) is 20.3 Å². The molecule has 2 N–H and O–H groups in total. The molecule has 1 aliphatic heterocycles. The van der Waals surface area contributed by atoms with E-state index >= 15 is 0 Å². The Hall–Kier alpha value is -2.62. The Balaban J connectivity index is 1.51.